The fourth-order valence-corrected chi connectivity index (χ4v) is 2.30. The molecular weight excluding hydrogens is 266 g/mol. The van der Waals surface area contributed by atoms with Crippen molar-refractivity contribution in [1.82, 2.24) is 24.5 Å². The minimum Gasteiger partial charge on any atom is -0.345 e. The van der Waals surface area contributed by atoms with E-state index in [1.807, 2.05) is 48.8 Å². The largest absolute Gasteiger partial charge is 0.345 e. The number of aryl methyl sites for hydroxylation is 2. The van der Waals surface area contributed by atoms with Crippen molar-refractivity contribution in [3.05, 3.63) is 53.7 Å². The minimum absolute atomic E-state index is 0.130. The number of hydrogen-bond donors (Lipinski definition) is 1. The molecule has 0 bridgehead atoms. The molecule has 0 saturated carbocycles. The molecule has 0 atom stereocenters. The van der Waals surface area contributed by atoms with Crippen molar-refractivity contribution in [2.45, 2.75) is 26.9 Å². The maximum atomic E-state index is 12.2. The van der Waals surface area contributed by atoms with Crippen LogP contribution in [0.1, 0.15) is 28.8 Å². The summed E-state index contributed by atoms with van der Waals surface area (Å²) in [5.41, 5.74) is 3.12. The predicted octanol–water partition coefficient (Wildman–Crippen LogP) is 1.79. The van der Waals surface area contributed by atoms with Gasteiger partial charge in [-0.15, -0.1) is 0 Å². The van der Waals surface area contributed by atoms with Gasteiger partial charge in [0.2, 0.25) is 0 Å². The Morgan fingerprint density at radius 2 is 2.24 bits per heavy atom. The zero-order valence-corrected chi connectivity index (χ0v) is 12.1. The normalized spacial score (nSPS) is 11.0. The van der Waals surface area contributed by atoms with Crippen molar-refractivity contribution in [3.8, 4) is 0 Å². The summed E-state index contributed by atoms with van der Waals surface area (Å²) in [6.07, 6.45) is 3.85. The highest BCUT2D eigenvalue weighted by Gasteiger charge is 2.13. The third kappa shape index (κ3) is 2.65. The highest BCUT2D eigenvalue weighted by atomic mass is 16.2. The Morgan fingerprint density at radius 3 is 3.00 bits per heavy atom. The molecule has 0 radical (unpaired) electrons. The third-order valence-electron chi connectivity index (χ3n) is 3.28. The Labute approximate surface area is 122 Å². The van der Waals surface area contributed by atoms with Crippen LogP contribution in [-0.4, -0.2) is 25.1 Å². The lowest BCUT2D eigenvalue weighted by molar-refractivity contribution is 0.0940. The van der Waals surface area contributed by atoms with E-state index < -0.39 is 0 Å². The molecule has 0 fully saturated rings. The average molecular weight is 283 g/mol. The zero-order valence-electron chi connectivity index (χ0n) is 12.1. The second-order valence-electron chi connectivity index (χ2n) is 4.87. The number of carbonyl (C=O) groups excluding carboxylic acids is 1. The van der Waals surface area contributed by atoms with Crippen LogP contribution in [0, 0.1) is 6.92 Å². The van der Waals surface area contributed by atoms with Crippen molar-refractivity contribution in [3.63, 3.8) is 0 Å². The quantitative estimate of drug-likeness (QED) is 0.794. The molecule has 6 heteroatoms. The number of imidazole rings is 1. The summed E-state index contributed by atoms with van der Waals surface area (Å²) in [5.74, 6) is -0.130. The highest BCUT2D eigenvalue weighted by molar-refractivity contribution is 5.92. The Morgan fingerprint density at radius 1 is 1.38 bits per heavy atom. The Balaban J connectivity index is 1.73. The zero-order chi connectivity index (χ0) is 14.8. The molecule has 108 valence electrons. The van der Waals surface area contributed by atoms with Gasteiger partial charge in [-0.1, -0.05) is 6.07 Å². The Hall–Kier alpha value is -2.63. The molecule has 3 aromatic rings. The van der Waals surface area contributed by atoms with Crippen LogP contribution in [0.4, 0.5) is 0 Å². The number of rotatable bonds is 4. The summed E-state index contributed by atoms with van der Waals surface area (Å²) in [7, 11) is 0. The van der Waals surface area contributed by atoms with Crippen LogP contribution < -0.4 is 5.32 Å². The van der Waals surface area contributed by atoms with Crippen LogP contribution in [0.5, 0.6) is 0 Å². The molecule has 3 aromatic heterocycles. The lowest BCUT2D eigenvalue weighted by Gasteiger charge is -2.04. The molecule has 0 aromatic carbocycles. The number of aromatic nitrogens is 4. The second kappa shape index (κ2) is 5.40. The van der Waals surface area contributed by atoms with Crippen molar-refractivity contribution < 1.29 is 4.79 Å². The fraction of sp³-hybridized carbons (Fsp3) is 0.267. The van der Waals surface area contributed by atoms with E-state index in [-0.39, 0.29) is 5.91 Å². The number of fused-ring (bicyclic) bond motifs is 1. The average Bonchev–Trinajstić information content (AvgIpc) is 3.07. The van der Waals surface area contributed by atoms with E-state index in [9.17, 15) is 4.79 Å². The minimum atomic E-state index is -0.130. The standard InChI is InChI=1S/C15H17N5O/c1-3-20-13(8-11(2)18-20)15(21)16-9-12-10-19-7-5-4-6-14(19)17-12/h4-8,10H,3,9H2,1-2H3,(H,16,21). The number of nitrogens with one attached hydrogen (secondary N) is 1. The van der Waals surface area contributed by atoms with Crippen molar-refractivity contribution in [2.24, 2.45) is 0 Å². The third-order valence-corrected chi connectivity index (χ3v) is 3.28. The monoisotopic (exact) mass is 283 g/mol. The lowest BCUT2D eigenvalue weighted by atomic mass is 10.3. The molecule has 3 rings (SSSR count). The first-order valence-corrected chi connectivity index (χ1v) is 6.92. The van der Waals surface area contributed by atoms with Gasteiger partial charge in [-0.05, 0) is 32.0 Å². The molecule has 0 saturated heterocycles. The number of amides is 1. The summed E-state index contributed by atoms with van der Waals surface area (Å²) in [6, 6.07) is 7.61. The SMILES string of the molecule is CCn1nc(C)cc1C(=O)NCc1cn2ccccc2n1. The number of hydrogen-bond acceptors (Lipinski definition) is 3. The number of carbonyl (C=O) groups is 1. The maximum Gasteiger partial charge on any atom is 0.269 e. The van der Waals surface area contributed by atoms with E-state index in [2.05, 4.69) is 15.4 Å². The van der Waals surface area contributed by atoms with Crippen LogP contribution in [0.15, 0.2) is 36.7 Å². The van der Waals surface area contributed by atoms with Gasteiger partial charge in [-0.2, -0.15) is 5.10 Å². The predicted molar refractivity (Wildman–Crippen MR) is 79.0 cm³/mol. The van der Waals surface area contributed by atoms with Gasteiger partial charge in [-0.3, -0.25) is 9.48 Å². The fourth-order valence-electron chi connectivity index (χ4n) is 2.30. The first-order valence-electron chi connectivity index (χ1n) is 6.92. The van der Waals surface area contributed by atoms with Crippen LogP contribution in [0.3, 0.4) is 0 Å². The van der Waals surface area contributed by atoms with Gasteiger partial charge < -0.3 is 9.72 Å². The molecular formula is C15H17N5O. The summed E-state index contributed by atoms with van der Waals surface area (Å²) in [5, 5.41) is 7.16. The topological polar surface area (TPSA) is 64.2 Å². The maximum absolute atomic E-state index is 12.2. The summed E-state index contributed by atoms with van der Waals surface area (Å²) in [6.45, 7) is 4.91. The second-order valence-corrected chi connectivity index (χ2v) is 4.87. The summed E-state index contributed by atoms with van der Waals surface area (Å²) in [4.78, 5) is 16.7. The van der Waals surface area contributed by atoms with E-state index in [4.69, 9.17) is 0 Å². The molecule has 21 heavy (non-hydrogen) atoms. The van der Waals surface area contributed by atoms with Gasteiger partial charge in [0, 0.05) is 18.9 Å². The van der Waals surface area contributed by atoms with E-state index in [1.54, 1.807) is 10.7 Å². The number of nitrogens with zero attached hydrogens (tertiary/aromatic N) is 4. The van der Waals surface area contributed by atoms with Crippen LogP contribution in [-0.2, 0) is 13.1 Å². The van der Waals surface area contributed by atoms with Gasteiger partial charge in [0.25, 0.3) is 5.91 Å². The molecule has 1 N–H and O–H groups in total. The molecule has 1 amide bonds. The van der Waals surface area contributed by atoms with Gasteiger partial charge in [0.1, 0.15) is 11.3 Å². The van der Waals surface area contributed by atoms with E-state index in [0.717, 1.165) is 17.0 Å². The number of pyridine rings is 1. The smallest absolute Gasteiger partial charge is 0.269 e. The van der Waals surface area contributed by atoms with Crippen molar-refractivity contribution >= 4 is 11.6 Å². The molecule has 0 aliphatic heterocycles. The van der Waals surface area contributed by atoms with E-state index in [1.165, 1.54) is 0 Å². The highest BCUT2D eigenvalue weighted by Crippen LogP contribution is 2.06. The van der Waals surface area contributed by atoms with Gasteiger partial charge >= 0.3 is 0 Å². The molecule has 3 heterocycles. The first kappa shape index (κ1) is 13.4. The van der Waals surface area contributed by atoms with Crippen molar-refractivity contribution in [2.75, 3.05) is 0 Å². The van der Waals surface area contributed by atoms with Crippen LogP contribution in [0.2, 0.25) is 0 Å². The molecule has 0 unspecified atom stereocenters. The first-order chi connectivity index (χ1) is 10.2. The van der Waals surface area contributed by atoms with Gasteiger partial charge in [-0.25, -0.2) is 4.98 Å². The molecule has 6 nitrogen and oxygen atoms in total. The summed E-state index contributed by atoms with van der Waals surface area (Å²) < 4.78 is 3.64. The van der Waals surface area contributed by atoms with Gasteiger partial charge in [0.05, 0.1) is 17.9 Å². The van der Waals surface area contributed by atoms with Crippen LogP contribution >= 0.6 is 0 Å². The van der Waals surface area contributed by atoms with Crippen LogP contribution in [0.25, 0.3) is 5.65 Å². The Bertz CT molecular complexity index is 753. The molecule has 0 aliphatic rings. The van der Waals surface area contributed by atoms with E-state index >= 15 is 0 Å². The molecule has 0 spiro atoms. The molecule has 0 aliphatic carbocycles. The lowest BCUT2D eigenvalue weighted by Crippen LogP contribution is -2.25. The van der Waals surface area contributed by atoms with E-state index in [0.29, 0.717) is 18.8 Å². The Kier molecular flexibility index (Phi) is 3.43. The van der Waals surface area contributed by atoms with Gasteiger partial charge in [0.15, 0.2) is 0 Å². The van der Waals surface area contributed by atoms with Crippen molar-refractivity contribution in [1.29, 1.82) is 0 Å². The summed E-state index contributed by atoms with van der Waals surface area (Å²) >= 11 is 0.